The smallest absolute Gasteiger partial charge is 0.330 e. The van der Waals surface area contributed by atoms with Gasteiger partial charge in [0.1, 0.15) is 12.4 Å². The van der Waals surface area contributed by atoms with Gasteiger partial charge >= 0.3 is 5.69 Å². The molecule has 0 saturated heterocycles. The quantitative estimate of drug-likeness (QED) is 0.837. The minimum atomic E-state index is -0.391. The van der Waals surface area contributed by atoms with E-state index in [4.69, 9.17) is 10.00 Å². The third-order valence-corrected chi connectivity index (χ3v) is 3.30. The van der Waals surface area contributed by atoms with Crippen LogP contribution in [-0.4, -0.2) is 9.13 Å². The number of aromatic nitrogens is 2. The molecule has 0 bridgehead atoms. The van der Waals surface area contributed by atoms with Crippen molar-refractivity contribution in [2.75, 3.05) is 0 Å². The van der Waals surface area contributed by atoms with Crippen molar-refractivity contribution in [1.29, 1.82) is 5.26 Å². The van der Waals surface area contributed by atoms with Gasteiger partial charge in [-0.25, -0.2) is 4.79 Å². The third-order valence-electron chi connectivity index (χ3n) is 3.30. The van der Waals surface area contributed by atoms with E-state index < -0.39 is 5.69 Å². The summed E-state index contributed by atoms with van der Waals surface area (Å²) < 4.78 is 8.05. The SMILES string of the molecule is Cc1cc(C#N)ccc1OCc1cc(=O)n(C)c(=O)n1C. The average Bonchev–Trinajstić information content (AvgIpc) is 2.48. The Balaban J connectivity index is 2.27. The molecular weight excluding hydrogens is 270 g/mol. The first-order valence-electron chi connectivity index (χ1n) is 6.33. The van der Waals surface area contributed by atoms with Crippen molar-refractivity contribution in [2.24, 2.45) is 14.1 Å². The van der Waals surface area contributed by atoms with Gasteiger partial charge in [0.15, 0.2) is 0 Å². The zero-order valence-corrected chi connectivity index (χ0v) is 12.1. The predicted molar refractivity (Wildman–Crippen MR) is 77.2 cm³/mol. The van der Waals surface area contributed by atoms with Crippen molar-refractivity contribution in [1.82, 2.24) is 9.13 Å². The lowest BCUT2D eigenvalue weighted by Gasteiger charge is -2.12. The predicted octanol–water partition coefficient (Wildman–Crippen LogP) is 0.843. The molecule has 0 amide bonds. The number of nitriles is 1. The van der Waals surface area contributed by atoms with E-state index in [-0.39, 0.29) is 12.2 Å². The first-order chi connectivity index (χ1) is 9.93. The molecule has 0 radical (unpaired) electrons. The number of nitrogens with zero attached hydrogens (tertiary/aromatic N) is 3. The summed E-state index contributed by atoms with van der Waals surface area (Å²) in [4.78, 5) is 23.4. The van der Waals surface area contributed by atoms with Crippen LogP contribution in [0.1, 0.15) is 16.8 Å². The second-order valence-corrected chi connectivity index (χ2v) is 4.76. The van der Waals surface area contributed by atoms with Crippen LogP contribution in [-0.2, 0) is 20.7 Å². The van der Waals surface area contributed by atoms with Crippen molar-refractivity contribution in [3.05, 3.63) is 61.9 Å². The Bertz CT molecular complexity index is 841. The van der Waals surface area contributed by atoms with E-state index in [9.17, 15) is 9.59 Å². The van der Waals surface area contributed by atoms with E-state index in [1.54, 1.807) is 25.2 Å². The monoisotopic (exact) mass is 285 g/mol. The minimum absolute atomic E-state index is 0.106. The van der Waals surface area contributed by atoms with Gasteiger partial charge in [0.05, 0.1) is 17.3 Å². The first kappa shape index (κ1) is 14.6. The van der Waals surface area contributed by atoms with Crippen molar-refractivity contribution in [3.63, 3.8) is 0 Å². The van der Waals surface area contributed by atoms with Crippen molar-refractivity contribution < 1.29 is 4.74 Å². The molecule has 0 N–H and O–H groups in total. The fourth-order valence-corrected chi connectivity index (χ4v) is 1.95. The van der Waals surface area contributed by atoms with Crippen LogP contribution in [0.5, 0.6) is 5.75 Å². The van der Waals surface area contributed by atoms with Crippen molar-refractivity contribution in [2.45, 2.75) is 13.5 Å². The Labute approximate surface area is 121 Å². The van der Waals surface area contributed by atoms with Gasteiger partial charge in [-0.05, 0) is 30.7 Å². The van der Waals surface area contributed by atoms with Gasteiger partial charge in [0, 0.05) is 20.2 Å². The second kappa shape index (κ2) is 5.67. The summed E-state index contributed by atoms with van der Waals surface area (Å²) >= 11 is 0. The molecule has 6 nitrogen and oxygen atoms in total. The van der Waals surface area contributed by atoms with Crippen LogP contribution in [0.15, 0.2) is 33.9 Å². The minimum Gasteiger partial charge on any atom is -0.487 e. The third kappa shape index (κ3) is 2.87. The van der Waals surface area contributed by atoms with Crippen LogP contribution in [0.4, 0.5) is 0 Å². The fourth-order valence-electron chi connectivity index (χ4n) is 1.95. The Morgan fingerprint density at radius 3 is 2.52 bits per heavy atom. The summed E-state index contributed by atoms with van der Waals surface area (Å²) in [5, 5.41) is 8.82. The molecule has 0 aliphatic rings. The average molecular weight is 285 g/mol. The largest absolute Gasteiger partial charge is 0.487 e. The maximum absolute atomic E-state index is 11.8. The summed E-state index contributed by atoms with van der Waals surface area (Å²) in [5.74, 6) is 0.613. The Kier molecular flexibility index (Phi) is 3.94. The molecule has 1 heterocycles. The van der Waals surface area contributed by atoms with Gasteiger partial charge in [-0.1, -0.05) is 0 Å². The summed E-state index contributed by atoms with van der Waals surface area (Å²) in [5.41, 5.74) is 1.11. The zero-order valence-electron chi connectivity index (χ0n) is 12.1. The lowest BCUT2D eigenvalue weighted by atomic mass is 10.1. The molecule has 21 heavy (non-hydrogen) atoms. The molecule has 1 aromatic carbocycles. The molecule has 0 spiro atoms. The topological polar surface area (TPSA) is 77.0 Å². The molecule has 2 rings (SSSR count). The maximum Gasteiger partial charge on any atom is 0.330 e. The molecule has 2 aromatic rings. The van der Waals surface area contributed by atoms with Crippen LogP contribution >= 0.6 is 0 Å². The standard InChI is InChI=1S/C15H15N3O3/c1-10-6-11(8-16)4-5-13(10)21-9-12-7-14(19)18(3)15(20)17(12)2/h4-7H,9H2,1-3H3. The van der Waals surface area contributed by atoms with E-state index in [2.05, 4.69) is 6.07 Å². The summed E-state index contributed by atoms with van der Waals surface area (Å²) in [6, 6.07) is 8.51. The number of hydrogen-bond donors (Lipinski definition) is 0. The first-order valence-corrected chi connectivity index (χ1v) is 6.33. The highest BCUT2D eigenvalue weighted by molar-refractivity contribution is 5.41. The highest BCUT2D eigenvalue weighted by Gasteiger charge is 2.08. The van der Waals surface area contributed by atoms with E-state index in [0.717, 1.165) is 10.1 Å². The molecule has 0 atom stereocenters. The normalized spacial score (nSPS) is 10.2. The van der Waals surface area contributed by atoms with Gasteiger partial charge in [0.2, 0.25) is 0 Å². The van der Waals surface area contributed by atoms with E-state index in [0.29, 0.717) is 17.0 Å². The molecule has 108 valence electrons. The molecule has 0 saturated carbocycles. The van der Waals surface area contributed by atoms with Crippen LogP contribution in [0.3, 0.4) is 0 Å². The Morgan fingerprint density at radius 2 is 1.90 bits per heavy atom. The maximum atomic E-state index is 11.8. The van der Waals surface area contributed by atoms with Gasteiger partial charge in [-0.3, -0.25) is 13.9 Å². The highest BCUT2D eigenvalue weighted by Crippen LogP contribution is 2.19. The second-order valence-electron chi connectivity index (χ2n) is 4.76. The van der Waals surface area contributed by atoms with Crippen LogP contribution in [0, 0.1) is 18.3 Å². The Morgan fingerprint density at radius 1 is 1.19 bits per heavy atom. The fraction of sp³-hybridized carbons (Fsp3) is 0.267. The molecule has 6 heteroatoms. The van der Waals surface area contributed by atoms with Gasteiger partial charge < -0.3 is 4.74 Å². The summed E-state index contributed by atoms with van der Waals surface area (Å²) in [6.45, 7) is 1.94. The highest BCUT2D eigenvalue weighted by atomic mass is 16.5. The lowest BCUT2D eigenvalue weighted by molar-refractivity contribution is 0.291. The molecular formula is C15H15N3O3. The van der Waals surface area contributed by atoms with E-state index >= 15 is 0 Å². The molecule has 0 fully saturated rings. The van der Waals surface area contributed by atoms with Gasteiger partial charge in [0.25, 0.3) is 5.56 Å². The van der Waals surface area contributed by atoms with Crippen molar-refractivity contribution >= 4 is 0 Å². The van der Waals surface area contributed by atoms with Crippen LogP contribution < -0.4 is 16.0 Å². The number of rotatable bonds is 3. The zero-order chi connectivity index (χ0) is 15.6. The molecule has 0 unspecified atom stereocenters. The number of hydrogen-bond acceptors (Lipinski definition) is 4. The lowest BCUT2D eigenvalue weighted by Crippen LogP contribution is -2.38. The van der Waals surface area contributed by atoms with Gasteiger partial charge in [-0.15, -0.1) is 0 Å². The molecule has 0 aliphatic heterocycles. The molecule has 0 aliphatic carbocycles. The molecule has 1 aromatic heterocycles. The van der Waals surface area contributed by atoms with E-state index in [1.807, 2.05) is 6.92 Å². The Hall–Kier alpha value is -2.81. The van der Waals surface area contributed by atoms with Gasteiger partial charge in [-0.2, -0.15) is 5.26 Å². The number of benzene rings is 1. The van der Waals surface area contributed by atoms with Crippen molar-refractivity contribution in [3.8, 4) is 11.8 Å². The van der Waals surface area contributed by atoms with Crippen LogP contribution in [0.2, 0.25) is 0 Å². The number of aryl methyl sites for hydroxylation is 1. The summed E-state index contributed by atoms with van der Waals surface area (Å²) in [6.07, 6.45) is 0. The van der Waals surface area contributed by atoms with Crippen LogP contribution in [0.25, 0.3) is 0 Å². The summed E-state index contributed by atoms with van der Waals surface area (Å²) in [7, 11) is 3.02. The van der Waals surface area contributed by atoms with E-state index in [1.165, 1.54) is 17.7 Å². The number of ether oxygens (including phenoxy) is 1.